The Morgan fingerprint density at radius 2 is 1.80 bits per heavy atom. The van der Waals surface area contributed by atoms with Crippen molar-refractivity contribution in [1.82, 2.24) is 0 Å². The van der Waals surface area contributed by atoms with Crippen LogP contribution in [0.1, 0.15) is 33.6 Å². The van der Waals surface area contributed by atoms with Gasteiger partial charge in [0, 0.05) is 0 Å². The van der Waals surface area contributed by atoms with Crippen molar-refractivity contribution in [3.63, 3.8) is 0 Å². The first-order chi connectivity index (χ1) is 6.90. The average Bonchev–Trinajstić information content (AvgIpc) is 2.13. The first kappa shape index (κ1) is 12.9. The van der Waals surface area contributed by atoms with Gasteiger partial charge in [-0.1, -0.05) is 27.2 Å². The second-order valence-electron chi connectivity index (χ2n) is 5.04. The summed E-state index contributed by atoms with van der Waals surface area (Å²) < 4.78 is 5.43. The second kappa shape index (κ2) is 4.78. The molecule has 90 valence electrons. The average molecular weight is 218 g/mol. The molecule has 0 bridgehead atoms. The molecule has 0 radical (unpaired) electrons. The zero-order chi connectivity index (χ0) is 11.6. The van der Waals surface area contributed by atoms with Gasteiger partial charge < -0.3 is 20.1 Å². The maximum atomic E-state index is 9.84. The number of ether oxygens (including phenoxy) is 1. The van der Waals surface area contributed by atoms with Gasteiger partial charge in [-0.15, -0.1) is 0 Å². The quantitative estimate of drug-likeness (QED) is 0.637. The largest absolute Gasteiger partial charge is 0.388 e. The molecule has 15 heavy (non-hydrogen) atoms. The van der Waals surface area contributed by atoms with Crippen LogP contribution in [0.3, 0.4) is 0 Å². The molecule has 1 heterocycles. The third-order valence-corrected chi connectivity index (χ3v) is 3.17. The van der Waals surface area contributed by atoms with Crippen LogP contribution in [0.5, 0.6) is 0 Å². The van der Waals surface area contributed by atoms with Crippen LogP contribution in [0.25, 0.3) is 0 Å². The van der Waals surface area contributed by atoms with E-state index >= 15 is 0 Å². The van der Waals surface area contributed by atoms with Gasteiger partial charge in [0.2, 0.25) is 0 Å². The van der Waals surface area contributed by atoms with E-state index in [1.54, 1.807) is 0 Å². The van der Waals surface area contributed by atoms with Gasteiger partial charge in [-0.2, -0.15) is 0 Å². The van der Waals surface area contributed by atoms with Crippen molar-refractivity contribution in [2.24, 2.45) is 5.41 Å². The molecule has 0 spiro atoms. The van der Waals surface area contributed by atoms with Crippen molar-refractivity contribution in [3.05, 3.63) is 0 Å². The Morgan fingerprint density at radius 1 is 1.20 bits per heavy atom. The molecule has 4 nitrogen and oxygen atoms in total. The van der Waals surface area contributed by atoms with E-state index in [-0.39, 0.29) is 12.0 Å². The van der Waals surface area contributed by atoms with Crippen LogP contribution in [0.15, 0.2) is 0 Å². The Kier molecular flexibility index (Phi) is 4.12. The lowest BCUT2D eigenvalue weighted by Gasteiger charge is -2.43. The van der Waals surface area contributed by atoms with Crippen LogP contribution in [-0.2, 0) is 4.74 Å². The summed E-state index contributed by atoms with van der Waals surface area (Å²) in [7, 11) is 0. The number of aliphatic hydroxyl groups excluding tert-OH is 3. The Hall–Kier alpha value is -0.160. The highest BCUT2D eigenvalue weighted by Crippen LogP contribution is 2.34. The molecule has 0 aromatic heterocycles. The molecular formula is C11H22O4. The van der Waals surface area contributed by atoms with Crippen molar-refractivity contribution in [2.75, 3.05) is 6.61 Å². The molecule has 4 heteroatoms. The van der Waals surface area contributed by atoms with E-state index in [9.17, 15) is 15.3 Å². The predicted octanol–water partition coefficient (Wildman–Crippen LogP) is 0.294. The zero-order valence-corrected chi connectivity index (χ0v) is 9.68. The van der Waals surface area contributed by atoms with Gasteiger partial charge in [0.15, 0.2) is 0 Å². The van der Waals surface area contributed by atoms with Crippen molar-refractivity contribution < 1.29 is 20.1 Å². The third-order valence-electron chi connectivity index (χ3n) is 3.17. The van der Waals surface area contributed by atoms with Gasteiger partial charge in [0.25, 0.3) is 0 Å². The summed E-state index contributed by atoms with van der Waals surface area (Å²) in [6, 6.07) is 0. The van der Waals surface area contributed by atoms with E-state index < -0.39 is 24.4 Å². The molecule has 1 aliphatic heterocycles. The normalized spacial score (nSPS) is 38.0. The van der Waals surface area contributed by atoms with E-state index in [0.29, 0.717) is 0 Å². The van der Waals surface area contributed by atoms with E-state index in [2.05, 4.69) is 6.92 Å². The molecule has 1 fully saturated rings. The molecule has 3 N–H and O–H groups in total. The molecule has 1 aliphatic rings. The van der Waals surface area contributed by atoms with Crippen LogP contribution >= 0.6 is 0 Å². The molecular weight excluding hydrogens is 196 g/mol. The van der Waals surface area contributed by atoms with Gasteiger partial charge in [0.05, 0.1) is 12.7 Å². The monoisotopic (exact) mass is 218 g/mol. The Labute approximate surface area is 90.9 Å². The molecule has 4 atom stereocenters. The smallest absolute Gasteiger partial charge is 0.111 e. The lowest BCUT2D eigenvalue weighted by molar-refractivity contribution is -0.215. The minimum atomic E-state index is -1.10. The molecule has 0 aromatic carbocycles. The van der Waals surface area contributed by atoms with Crippen LogP contribution < -0.4 is 0 Å². The van der Waals surface area contributed by atoms with Crippen molar-refractivity contribution >= 4 is 0 Å². The van der Waals surface area contributed by atoms with Crippen LogP contribution in [0.4, 0.5) is 0 Å². The summed E-state index contributed by atoms with van der Waals surface area (Å²) in [4.78, 5) is 0. The van der Waals surface area contributed by atoms with Crippen LogP contribution in [-0.4, -0.2) is 46.3 Å². The molecule has 0 aliphatic carbocycles. The topological polar surface area (TPSA) is 69.9 Å². The number of aliphatic hydroxyl groups is 3. The van der Waals surface area contributed by atoms with Crippen molar-refractivity contribution in [3.8, 4) is 0 Å². The van der Waals surface area contributed by atoms with E-state index in [0.717, 1.165) is 12.8 Å². The second-order valence-corrected chi connectivity index (χ2v) is 5.04. The Balaban J connectivity index is 2.70. The van der Waals surface area contributed by atoms with Crippen molar-refractivity contribution in [1.29, 1.82) is 0 Å². The number of rotatable bonds is 3. The summed E-state index contributed by atoms with van der Waals surface area (Å²) >= 11 is 0. The Morgan fingerprint density at radius 3 is 2.33 bits per heavy atom. The van der Waals surface area contributed by atoms with E-state index in [1.165, 1.54) is 0 Å². The molecule has 1 rings (SSSR count). The van der Waals surface area contributed by atoms with E-state index in [1.807, 2.05) is 13.8 Å². The van der Waals surface area contributed by atoms with Gasteiger partial charge in [-0.05, 0) is 11.8 Å². The minimum Gasteiger partial charge on any atom is -0.388 e. The minimum absolute atomic E-state index is 0.0933. The first-order valence-corrected chi connectivity index (χ1v) is 5.56. The first-order valence-electron chi connectivity index (χ1n) is 5.56. The lowest BCUT2D eigenvalue weighted by Crippen LogP contribution is -2.57. The maximum absolute atomic E-state index is 9.84. The molecule has 1 saturated heterocycles. The van der Waals surface area contributed by atoms with Crippen molar-refractivity contribution in [2.45, 2.75) is 58.0 Å². The molecule has 4 unspecified atom stereocenters. The zero-order valence-electron chi connectivity index (χ0n) is 9.68. The fourth-order valence-electron chi connectivity index (χ4n) is 2.28. The molecule has 0 saturated carbocycles. The predicted molar refractivity (Wildman–Crippen MR) is 56.4 cm³/mol. The summed E-state index contributed by atoms with van der Waals surface area (Å²) in [6.45, 7) is 6.18. The molecule has 0 amide bonds. The molecule has 0 aromatic rings. The summed E-state index contributed by atoms with van der Waals surface area (Å²) in [6.07, 6.45) is -1.57. The van der Waals surface area contributed by atoms with Crippen LogP contribution in [0, 0.1) is 5.41 Å². The highest BCUT2D eigenvalue weighted by molar-refractivity contribution is 4.93. The van der Waals surface area contributed by atoms with Crippen LogP contribution in [0.2, 0.25) is 0 Å². The van der Waals surface area contributed by atoms with Gasteiger partial charge in [-0.25, -0.2) is 0 Å². The summed E-state index contributed by atoms with van der Waals surface area (Å²) in [5.74, 6) is 0. The fraction of sp³-hybridized carbons (Fsp3) is 1.00. The SMILES string of the molecule is CCCC(C)(C)C1OCC(O)C(O)C1O. The maximum Gasteiger partial charge on any atom is 0.111 e. The fourth-order valence-corrected chi connectivity index (χ4v) is 2.28. The van der Waals surface area contributed by atoms with Gasteiger partial charge in [-0.3, -0.25) is 0 Å². The standard InChI is InChI=1S/C11H22O4/c1-4-5-11(2,3)10-9(14)8(13)7(12)6-15-10/h7-10,12-14H,4-6H2,1-3H3. The summed E-state index contributed by atoms with van der Waals surface area (Å²) in [5, 5.41) is 28.7. The third kappa shape index (κ3) is 2.69. The highest BCUT2D eigenvalue weighted by atomic mass is 16.5. The number of hydrogen-bond acceptors (Lipinski definition) is 4. The summed E-state index contributed by atoms with van der Waals surface area (Å²) in [5.41, 5.74) is -0.185. The highest BCUT2D eigenvalue weighted by Gasteiger charge is 2.44. The lowest BCUT2D eigenvalue weighted by atomic mass is 9.77. The van der Waals surface area contributed by atoms with Gasteiger partial charge >= 0.3 is 0 Å². The Bertz CT molecular complexity index is 205. The van der Waals surface area contributed by atoms with E-state index in [4.69, 9.17) is 4.74 Å². The van der Waals surface area contributed by atoms with Gasteiger partial charge in [0.1, 0.15) is 18.3 Å². The number of hydrogen-bond donors (Lipinski definition) is 3.